The highest BCUT2D eigenvalue weighted by Crippen LogP contribution is 1.99. The summed E-state index contributed by atoms with van der Waals surface area (Å²) in [7, 11) is 0. The van der Waals surface area contributed by atoms with E-state index in [1.807, 2.05) is 6.07 Å². The quantitative estimate of drug-likeness (QED) is 0.674. The van der Waals surface area contributed by atoms with Crippen LogP contribution in [0.4, 0.5) is 0 Å². The summed E-state index contributed by atoms with van der Waals surface area (Å²) in [6, 6.07) is 8.84. The molecule has 2 N–H and O–H groups in total. The van der Waals surface area contributed by atoms with Crippen molar-refractivity contribution in [2.45, 2.75) is 0 Å². The number of rotatable bonds is 3. The SMILES string of the molecule is NCCOC(=O)c1ccccc1. The summed E-state index contributed by atoms with van der Waals surface area (Å²) in [4.78, 5) is 11.1. The zero-order valence-corrected chi connectivity index (χ0v) is 6.69. The Bertz CT molecular complexity index is 246. The van der Waals surface area contributed by atoms with Gasteiger partial charge in [0, 0.05) is 6.54 Å². The van der Waals surface area contributed by atoms with Crippen LogP contribution in [0.15, 0.2) is 30.3 Å². The summed E-state index contributed by atoms with van der Waals surface area (Å²) < 4.78 is 4.81. The first-order valence-electron chi connectivity index (χ1n) is 3.77. The lowest BCUT2D eigenvalue weighted by molar-refractivity contribution is 0.0517. The molecular formula is C9H11NO2. The van der Waals surface area contributed by atoms with E-state index in [2.05, 4.69) is 0 Å². The van der Waals surface area contributed by atoms with E-state index in [4.69, 9.17) is 10.5 Å². The van der Waals surface area contributed by atoms with Crippen molar-refractivity contribution in [3.63, 3.8) is 0 Å². The van der Waals surface area contributed by atoms with Gasteiger partial charge in [-0.3, -0.25) is 0 Å². The maximum Gasteiger partial charge on any atom is 0.338 e. The number of carbonyl (C=O) groups excluding carboxylic acids is 1. The lowest BCUT2D eigenvalue weighted by Gasteiger charge is -2.01. The van der Waals surface area contributed by atoms with Gasteiger partial charge < -0.3 is 10.5 Å². The average Bonchev–Trinajstić information content (AvgIpc) is 2.15. The Balaban J connectivity index is 2.54. The first-order valence-corrected chi connectivity index (χ1v) is 3.77. The lowest BCUT2D eigenvalue weighted by Crippen LogP contribution is -2.13. The summed E-state index contributed by atoms with van der Waals surface area (Å²) in [6.45, 7) is 0.631. The second-order valence-electron chi connectivity index (χ2n) is 2.29. The fourth-order valence-corrected chi connectivity index (χ4v) is 0.809. The third-order valence-corrected chi connectivity index (χ3v) is 1.36. The molecule has 0 aliphatic heterocycles. The number of benzene rings is 1. The van der Waals surface area contributed by atoms with Crippen molar-refractivity contribution in [2.24, 2.45) is 5.73 Å². The van der Waals surface area contributed by atoms with E-state index in [-0.39, 0.29) is 12.6 Å². The molecular weight excluding hydrogens is 154 g/mol. The molecule has 0 saturated heterocycles. The van der Waals surface area contributed by atoms with Gasteiger partial charge in [-0.05, 0) is 12.1 Å². The fourth-order valence-electron chi connectivity index (χ4n) is 0.809. The normalized spacial score (nSPS) is 9.42. The van der Waals surface area contributed by atoms with E-state index < -0.39 is 0 Å². The third kappa shape index (κ3) is 2.36. The van der Waals surface area contributed by atoms with Gasteiger partial charge in [0.1, 0.15) is 6.61 Å². The summed E-state index contributed by atoms with van der Waals surface area (Å²) in [5.41, 5.74) is 5.74. The molecule has 0 bridgehead atoms. The Morgan fingerprint density at radius 3 is 2.58 bits per heavy atom. The summed E-state index contributed by atoms with van der Waals surface area (Å²) >= 11 is 0. The molecule has 1 aromatic carbocycles. The number of hydrogen-bond donors (Lipinski definition) is 1. The van der Waals surface area contributed by atoms with Crippen molar-refractivity contribution in [1.82, 2.24) is 0 Å². The number of esters is 1. The molecule has 1 rings (SSSR count). The minimum absolute atomic E-state index is 0.272. The fraction of sp³-hybridized carbons (Fsp3) is 0.222. The molecule has 0 heterocycles. The molecule has 3 nitrogen and oxygen atoms in total. The molecule has 0 radical (unpaired) electrons. The Morgan fingerprint density at radius 1 is 1.33 bits per heavy atom. The van der Waals surface area contributed by atoms with Gasteiger partial charge >= 0.3 is 5.97 Å². The van der Waals surface area contributed by atoms with Gasteiger partial charge in [-0.2, -0.15) is 0 Å². The van der Waals surface area contributed by atoms with E-state index in [1.54, 1.807) is 24.3 Å². The predicted molar refractivity (Wildman–Crippen MR) is 45.8 cm³/mol. The number of nitrogens with two attached hydrogens (primary N) is 1. The lowest BCUT2D eigenvalue weighted by atomic mass is 10.2. The van der Waals surface area contributed by atoms with Crippen LogP contribution in [-0.2, 0) is 4.74 Å². The standard InChI is InChI=1S/C9H11NO2/c10-6-7-12-9(11)8-4-2-1-3-5-8/h1-5H,6-7,10H2. The molecule has 0 unspecified atom stereocenters. The summed E-state index contributed by atoms with van der Waals surface area (Å²) in [5.74, 6) is -0.318. The van der Waals surface area contributed by atoms with Crippen LogP contribution < -0.4 is 5.73 Å². The van der Waals surface area contributed by atoms with Crippen LogP contribution in [0.3, 0.4) is 0 Å². The van der Waals surface area contributed by atoms with Crippen LogP contribution in [0.1, 0.15) is 10.4 Å². The molecule has 0 amide bonds. The highest BCUT2D eigenvalue weighted by atomic mass is 16.5. The topological polar surface area (TPSA) is 52.3 Å². The summed E-state index contributed by atoms with van der Waals surface area (Å²) in [6.07, 6.45) is 0. The van der Waals surface area contributed by atoms with Crippen LogP contribution in [0, 0.1) is 0 Å². The van der Waals surface area contributed by atoms with Crippen LogP contribution in [0.25, 0.3) is 0 Å². The molecule has 12 heavy (non-hydrogen) atoms. The highest BCUT2D eigenvalue weighted by Gasteiger charge is 2.03. The van der Waals surface area contributed by atoms with Crippen molar-refractivity contribution in [3.8, 4) is 0 Å². The van der Waals surface area contributed by atoms with Gasteiger partial charge in [-0.1, -0.05) is 18.2 Å². The average molecular weight is 165 g/mol. The third-order valence-electron chi connectivity index (χ3n) is 1.36. The Kier molecular flexibility index (Phi) is 3.29. The van der Waals surface area contributed by atoms with Crippen molar-refractivity contribution >= 4 is 5.97 Å². The van der Waals surface area contributed by atoms with Gasteiger partial charge in [-0.25, -0.2) is 4.79 Å². The zero-order valence-electron chi connectivity index (χ0n) is 6.69. The van der Waals surface area contributed by atoms with E-state index in [1.165, 1.54) is 0 Å². The van der Waals surface area contributed by atoms with E-state index in [9.17, 15) is 4.79 Å². The molecule has 0 atom stereocenters. The summed E-state index contributed by atoms with van der Waals surface area (Å²) in [5, 5.41) is 0. The van der Waals surface area contributed by atoms with Crippen molar-refractivity contribution < 1.29 is 9.53 Å². The Hall–Kier alpha value is -1.35. The Morgan fingerprint density at radius 2 is 2.00 bits per heavy atom. The molecule has 1 aromatic rings. The van der Waals surface area contributed by atoms with Gasteiger partial charge in [0.2, 0.25) is 0 Å². The predicted octanol–water partition coefficient (Wildman–Crippen LogP) is 0.802. The highest BCUT2D eigenvalue weighted by molar-refractivity contribution is 5.89. The van der Waals surface area contributed by atoms with Crippen molar-refractivity contribution in [3.05, 3.63) is 35.9 Å². The van der Waals surface area contributed by atoms with Crippen molar-refractivity contribution in [1.29, 1.82) is 0 Å². The maximum atomic E-state index is 11.1. The number of ether oxygens (including phenoxy) is 1. The monoisotopic (exact) mass is 165 g/mol. The zero-order chi connectivity index (χ0) is 8.81. The van der Waals surface area contributed by atoms with Gasteiger partial charge in [0.05, 0.1) is 5.56 Å². The smallest absolute Gasteiger partial charge is 0.338 e. The van der Waals surface area contributed by atoms with Crippen LogP contribution >= 0.6 is 0 Å². The first-order chi connectivity index (χ1) is 5.84. The van der Waals surface area contributed by atoms with E-state index in [0.717, 1.165) is 0 Å². The molecule has 0 saturated carbocycles. The maximum absolute atomic E-state index is 11.1. The first kappa shape index (κ1) is 8.74. The molecule has 64 valence electrons. The number of hydrogen-bond acceptors (Lipinski definition) is 3. The van der Waals surface area contributed by atoms with Crippen molar-refractivity contribution in [2.75, 3.05) is 13.2 Å². The molecule has 0 aliphatic rings. The van der Waals surface area contributed by atoms with Gasteiger partial charge in [0.25, 0.3) is 0 Å². The molecule has 0 spiro atoms. The van der Waals surface area contributed by atoms with E-state index >= 15 is 0 Å². The molecule has 0 fully saturated rings. The minimum Gasteiger partial charge on any atom is -0.461 e. The van der Waals surface area contributed by atoms with Gasteiger partial charge in [-0.15, -0.1) is 0 Å². The van der Waals surface area contributed by atoms with Gasteiger partial charge in [0.15, 0.2) is 0 Å². The van der Waals surface area contributed by atoms with Crippen LogP contribution in [-0.4, -0.2) is 19.1 Å². The second-order valence-corrected chi connectivity index (χ2v) is 2.29. The largest absolute Gasteiger partial charge is 0.461 e. The molecule has 0 aromatic heterocycles. The van der Waals surface area contributed by atoms with Crippen LogP contribution in [0.2, 0.25) is 0 Å². The molecule has 3 heteroatoms. The van der Waals surface area contributed by atoms with E-state index in [0.29, 0.717) is 12.1 Å². The molecule has 0 aliphatic carbocycles. The Labute approximate surface area is 71.1 Å². The second kappa shape index (κ2) is 4.51. The van der Waals surface area contributed by atoms with Crippen LogP contribution in [0.5, 0.6) is 0 Å². The minimum atomic E-state index is -0.318. The number of carbonyl (C=O) groups is 1.